The van der Waals surface area contributed by atoms with Crippen molar-refractivity contribution in [3.05, 3.63) is 54.4 Å². The first-order valence-corrected chi connectivity index (χ1v) is 8.61. The number of para-hydroxylation sites is 1. The van der Waals surface area contributed by atoms with E-state index in [9.17, 15) is 4.79 Å². The zero-order valence-electron chi connectivity index (χ0n) is 14.2. The number of nitrogens with zero attached hydrogens (tertiary/aromatic N) is 2. The SMILES string of the molecule is Cn1cccc1CNC1CCN(CC(=O)Nc2ccccc2)CC1. The van der Waals surface area contributed by atoms with Crippen molar-refractivity contribution in [1.29, 1.82) is 0 Å². The van der Waals surface area contributed by atoms with Crippen LogP contribution in [0.2, 0.25) is 0 Å². The Hall–Kier alpha value is -2.11. The molecular formula is C19H26N4O. The van der Waals surface area contributed by atoms with E-state index in [1.54, 1.807) is 0 Å². The highest BCUT2D eigenvalue weighted by atomic mass is 16.2. The van der Waals surface area contributed by atoms with E-state index in [0.29, 0.717) is 12.6 Å². The van der Waals surface area contributed by atoms with Crippen molar-refractivity contribution in [2.75, 3.05) is 25.0 Å². The first-order chi connectivity index (χ1) is 11.7. The number of nitrogens with one attached hydrogen (secondary N) is 2. The van der Waals surface area contributed by atoms with Crippen LogP contribution in [0.25, 0.3) is 0 Å². The van der Waals surface area contributed by atoms with Crippen LogP contribution in [0, 0.1) is 0 Å². The first-order valence-electron chi connectivity index (χ1n) is 8.61. The second-order valence-corrected chi connectivity index (χ2v) is 6.46. The Kier molecular flexibility index (Phi) is 5.67. The summed E-state index contributed by atoms with van der Waals surface area (Å²) in [7, 11) is 2.07. The average Bonchev–Trinajstić information content (AvgIpc) is 3.00. The van der Waals surface area contributed by atoms with Gasteiger partial charge in [-0.3, -0.25) is 9.69 Å². The van der Waals surface area contributed by atoms with Gasteiger partial charge < -0.3 is 15.2 Å². The molecule has 0 aliphatic carbocycles. The van der Waals surface area contributed by atoms with Crippen molar-refractivity contribution in [1.82, 2.24) is 14.8 Å². The van der Waals surface area contributed by atoms with Crippen molar-refractivity contribution in [2.45, 2.75) is 25.4 Å². The van der Waals surface area contributed by atoms with Gasteiger partial charge in [0.2, 0.25) is 5.91 Å². The van der Waals surface area contributed by atoms with Crippen molar-refractivity contribution >= 4 is 11.6 Å². The molecule has 1 aliphatic rings. The van der Waals surface area contributed by atoms with Crippen LogP contribution in [0.5, 0.6) is 0 Å². The van der Waals surface area contributed by atoms with Gasteiger partial charge in [0, 0.05) is 50.3 Å². The maximum Gasteiger partial charge on any atom is 0.238 e. The lowest BCUT2D eigenvalue weighted by atomic mass is 10.0. The summed E-state index contributed by atoms with van der Waals surface area (Å²) in [6.45, 7) is 3.31. The zero-order chi connectivity index (χ0) is 16.8. The molecule has 2 heterocycles. The zero-order valence-corrected chi connectivity index (χ0v) is 14.2. The predicted molar refractivity (Wildman–Crippen MR) is 96.8 cm³/mol. The number of carbonyl (C=O) groups excluding carboxylic acids is 1. The number of aryl methyl sites for hydroxylation is 1. The van der Waals surface area contributed by atoms with E-state index in [1.807, 2.05) is 30.3 Å². The molecule has 1 aliphatic heterocycles. The van der Waals surface area contributed by atoms with Gasteiger partial charge in [0.1, 0.15) is 0 Å². The third kappa shape index (κ3) is 4.69. The molecule has 2 aromatic rings. The summed E-state index contributed by atoms with van der Waals surface area (Å²) < 4.78 is 2.15. The fraction of sp³-hybridized carbons (Fsp3) is 0.421. The molecule has 5 heteroatoms. The van der Waals surface area contributed by atoms with E-state index >= 15 is 0 Å². The molecule has 24 heavy (non-hydrogen) atoms. The van der Waals surface area contributed by atoms with Crippen LogP contribution in [0.4, 0.5) is 5.69 Å². The second kappa shape index (κ2) is 8.13. The number of amides is 1. The maximum absolute atomic E-state index is 12.1. The lowest BCUT2D eigenvalue weighted by Crippen LogP contribution is -2.44. The summed E-state index contributed by atoms with van der Waals surface area (Å²) in [5.74, 6) is 0.0661. The lowest BCUT2D eigenvalue weighted by Gasteiger charge is -2.32. The topological polar surface area (TPSA) is 49.3 Å². The fourth-order valence-electron chi connectivity index (χ4n) is 3.15. The molecule has 1 saturated heterocycles. The largest absolute Gasteiger partial charge is 0.353 e. The van der Waals surface area contributed by atoms with Gasteiger partial charge in [-0.2, -0.15) is 0 Å². The summed E-state index contributed by atoms with van der Waals surface area (Å²) in [4.78, 5) is 14.3. The number of benzene rings is 1. The van der Waals surface area contributed by atoms with Gasteiger partial charge in [-0.1, -0.05) is 18.2 Å². The average molecular weight is 326 g/mol. The summed E-state index contributed by atoms with van der Waals surface area (Å²) in [5, 5.41) is 6.58. The third-order valence-corrected chi connectivity index (χ3v) is 4.64. The standard InChI is InChI=1S/C19H26N4O/c1-22-11-5-8-18(22)14-20-16-9-12-23(13-10-16)15-19(24)21-17-6-3-2-4-7-17/h2-8,11,16,20H,9-10,12-15H2,1H3,(H,21,24). The molecular weight excluding hydrogens is 300 g/mol. The molecule has 5 nitrogen and oxygen atoms in total. The van der Waals surface area contributed by atoms with Gasteiger partial charge in [0.15, 0.2) is 0 Å². The molecule has 0 unspecified atom stereocenters. The Morgan fingerprint density at radius 3 is 2.54 bits per heavy atom. The molecule has 0 saturated carbocycles. The smallest absolute Gasteiger partial charge is 0.238 e. The molecule has 1 fully saturated rings. The molecule has 2 N–H and O–H groups in total. The lowest BCUT2D eigenvalue weighted by molar-refractivity contribution is -0.117. The van der Waals surface area contributed by atoms with Gasteiger partial charge >= 0.3 is 0 Å². The molecule has 0 radical (unpaired) electrons. The molecule has 0 spiro atoms. The molecule has 1 amide bonds. The maximum atomic E-state index is 12.1. The van der Waals surface area contributed by atoms with Crippen LogP contribution in [-0.2, 0) is 18.4 Å². The minimum Gasteiger partial charge on any atom is -0.353 e. The minimum absolute atomic E-state index is 0.0661. The van der Waals surface area contributed by atoms with E-state index in [1.165, 1.54) is 5.69 Å². The number of piperidine rings is 1. The van der Waals surface area contributed by atoms with E-state index in [4.69, 9.17) is 0 Å². The number of carbonyl (C=O) groups is 1. The van der Waals surface area contributed by atoms with Crippen molar-refractivity contribution < 1.29 is 4.79 Å². The van der Waals surface area contributed by atoms with Crippen LogP contribution < -0.4 is 10.6 Å². The van der Waals surface area contributed by atoms with Gasteiger partial charge in [-0.15, -0.1) is 0 Å². The summed E-state index contributed by atoms with van der Waals surface area (Å²) in [6, 6.07) is 14.4. The normalized spacial score (nSPS) is 16.2. The Bertz CT molecular complexity index is 644. The van der Waals surface area contributed by atoms with E-state index in [0.717, 1.165) is 38.2 Å². The minimum atomic E-state index is 0.0661. The Morgan fingerprint density at radius 1 is 1.12 bits per heavy atom. The van der Waals surface area contributed by atoms with Gasteiger partial charge in [-0.05, 0) is 37.1 Å². The van der Waals surface area contributed by atoms with E-state index in [-0.39, 0.29) is 5.91 Å². The number of rotatable bonds is 6. The highest BCUT2D eigenvalue weighted by Gasteiger charge is 2.20. The van der Waals surface area contributed by atoms with Crippen molar-refractivity contribution in [2.24, 2.45) is 7.05 Å². The Morgan fingerprint density at radius 2 is 1.88 bits per heavy atom. The molecule has 128 valence electrons. The fourth-order valence-corrected chi connectivity index (χ4v) is 3.15. The first kappa shape index (κ1) is 16.7. The highest BCUT2D eigenvalue weighted by molar-refractivity contribution is 5.92. The van der Waals surface area contributed by atoms with Gasteiger partial charge in [-0.25, -0.2) is 0 Å². The predicted octanol–water partition coefficient (Wildman–Crippen LogP) is 2.22. The highest BCUT2D eigenvalue weighted by Crippen LogP contribution is 2.12. The Labute approximate surface area is 143 Å². The molecule has 0 bridgehead atoms. The second-order valence-electron chi connectivity index (χ2n) is 6.46. The van der Waals surface area contributed by atoms with Crippen molar-refractivity contribution in [3.63, 3.8) is 0 Å². The van der Waals surface area contributed by atoms with Crippen molar-refractivity contribution in [3.8, 4) is 0 Å². The number of aromatic nitrogens is 1. The summed E-state index contributed by atoms with van der Waals surface area (Å²) in [5.41, 5.74) is 2.17. The molecule has 3 rings (SSSR count). The molecule has 1 aromatic heterocycles. The Balaban J connectivity index is 1.37. The van der Waals surface area contributed by atoms with Gasteiger partial charge in [0.05, 0.1) is 6.54 Å². The quantitative estimate of drug-likeness (QED) is 0.856. The van der Waals surface area contributed by atoms with Crippen LogP contribution in [0.1, 0.15) is 18.5 Å². The number of hydrogen-bond acceptors (Lipinski definition) is 3. The number of anilines is 1. The van der Waals surface area contributed by atoms with Crippen LogP contribution >= 0.6 is 0 Å². The van der Waals surface area contributed by atoms with Crippen LogP contribution in [-0.4, -0.2) is 41.1 Å². The van der Waals surface area contributed by atoms with E-state index < -0.39 is 0 Å². The van der Waals surface area contributed by atoms with Crippen LogP contribution in [0.15, 0.2) is 48.7 Å². The monoisotopic (exact) mass is 326 g/mol. The molecule has 0 atom stereocenters. The van der Waals surface area contributed by atoms with Crippen LogP contribution in [0.3, 0.4) is 0 Å². The van der Waals surface area contributed by atoms with E-state index in [2.05, 4.69) is 45.5 Å². The summed E-state index contributed by atoms with van der Waals surface area (Å²) in [6.07, 6.45) is 4.25. The number of likely N-dealkylation sites (tertiary alicyclic amines) is 1. The number of hydrogen-bond donors (Lipinski definition) is 2. The molecule has 1 aromatic carbocycles. The third-order valence-electron chi connectivity index (χ3n) is 4.64. The summed E-state index contributed by atoms with van der Waals surface area (Å²) >= 11 is 0. The van der Waals surface area contributed by atoms with Gasteiger partial charge in [0.25, 0.3) is 0 Å².